The van der Waals surface area contributed by atoms with Crippen LogP contribution in [0.3, 0.4) is 0 Å². The van der Waals surface area contributed by atoms with E-state index in [1.54, 1.807) is 0 Å². The molecule has 5 aliphatic rings. The van der Waals surface area contributed by atoms with Crippen molar-refractivity contribution in [3.63, 3.8) is 0 Å². The molecule has 0 radical (unpaired) electrons. The fraction of sp³-hybridized carbons (Fsp3) is 0.500. The molecule has 4 atom stereocenters. The van der Waals surface area contributed by atoms with Gasteiger partial charge in [-0.3, -0.25) is 19.2 Å². The Morgan fingerprint density at radius 1 is 0.391 bits per heavy atom. The summed E-state index contributed by atoms with van der Waals surface area (Å²) in [4.78, 5) is 57.0. The summed E-state index contributed by atoms with van der Waals surface area (Å²) in [6.07, 6.45) is 7.82. The summed E-state index contributed by atoms with van der Waals surface area (Å²) in [6.45, 7) is 15.0. The molecule has 7 rings (SSSR count). The zero-order chi connectivity index (χ0) is 33.3. The highest BCUT2D eigenvalue weighted by atomic mass is 16.5. The van der Waals surface area contributed by atoms with E-state index in [1.807, 2.05) is 104 Å². The van der Waals surface area contributed by atoms with Crippen LogP contribution in [-0.2, 0) is 51.1 Å². The monoisotopic (exact) mass is 620 g/mol. The smallest absolute Gasteiger partial charge is 0.164 e. The Kier molecular flexibility index (Phi) is 6.16. The summed E-state index contributed by atoms with van der Waals surface area (Å²) in [7, 11) is 0. The topological polar surface area (TPSA) is 86.7 Å². The minimum Gasteiger partial charge on any atom is -0.357 e. The fourth-order valence-corrected chi connectivity index (χ4v) is 9.68. The lowest BCUT2D eigenvalue weighted by Crippen LogP contribution is -2.48. The van der Waals surface area contributed by atoms with Crippen LogP contribution < -0.4 is 0 Å². The lowest BCUT2D eigenvalue weighted by atomic mass is 9.58. The van der Waals surface area contributed by atoms with Gasteiger partial charge in [0, 0.05) is 0 Å². The third-order valence-corrected chi connectivity index (χ3v) is 13.2. The molecule has 0 amide bonds. The van der Waals surface area contributed by atoms with Crippen LogP contribution >= 0.6 is 0 Å². The minimum atomic E-state index is -1.06. The molecule has 0 aromatic heterocycles. The van der Waals surface area contributed by atoms with E-state index in [1.165, 1.54) is 24.3 Å². The van der Waals surface area contributed by atoms with Crippen molar-refractivity contribution in [2.45, 2.75) is 103 Å². The number of carbonyl (C=O) groups is 4. The first-order valence-corrected chi connectivity index (χ1v) is 16.5. The average molecular weight is 621 g/mol. The third-order valence-electron chi connectivity index (χ3n) is 13.2. The largest absolute Gasteiger partial charge is 0.357 e. The minimum absolute atomic E-state index is 0.216. The zero-order valence-corrected chi connectivity index (χ0v) is 28.2. The van der Waals surface area contributed by atoms with E-state index in [4.69, 9.17) is 9.47 Å². The van der Waals surface area contributed by atoms with Crippen molar-refractivity contribution in [2.75, 3.05) is 0 Å². The van der Waals surface area contributed by atoms with E-state index in [0.717, 1.165) is 22.3 Å². The number of hydrogen-bond donors (Lipinski definition) is 0. The third kappa shape index (κ3) is 3.30. The molecule has 5 aliphatic heterocycles. The maximum atomic E-state index is 14.3. The van der Waals surface area contributed by atoms with Gasteiger partial charge in [0.25, 0.3) is 0 Å². The van der Waals surface area contributed by atoms with Gasteiger partial charge < -0.3 is 9.47 Å². The maximum absolute atomic E-state index is 14.3. The van der Waals surface area contributed by atoms with Crippen molar-refractivity contribution in [1.82, 2.24) is 0 Å². The van der Waals surface area contributed by atoms with E-state index in [9.17, 15) is 19.2 Å². The number of ether oxygens (including phenoxy) is 2. The Morgan fingerprint density at radius 2 is 0.587 bits per heavy atom. The molecule has 6 nitrogen and oxygen atoms in total. The molecule has 0 spiro atoms. The van der Waals surface area contributed by atoms with E-state index >= 15 is 0 Å². The average Bonchev–Trinajstić information content (AvgIpc) is 3.79. The molecule has 6 heteroatoms. The van der Waals surface area contributed by atoms with E-state index < -0.39 is 44.1 Å². The maximum Gasteiger partial charge on any atom is 0.164 e. The van der Waals surface area contributed by atoms with Gasteiger partial charge >= 0.3 is 0 Å². The summed E-state index contributed by atoms with van der Waals surface area (Å²) in [6, 6.07) is 15.7. The summed E-state index contributed by atoms with van der Waals surface area (Å²) in [5.41, 5.74) is -4.60. The molecule has 0 saturated carbocycles. The summed E-state index contributed by atoms with van der Waals surface area (Å²) >= 11 is 0. The Morgan fingerprint density at radius 3 is 0.783 bits per heavy atom. The second kappa shape index (κ2) is 9.11. The number of carbonyl (C=O) groups excluding carboxylic acids is 4. The molecular weight excluding hydrogens is 576 g/mol. The number of fused-ring (bicyclic) bond motifs is 2. The van der Waals surface area contributed by atoms with Crippen molar-refractivity contribution in [2.24, 2.45) is 21.7 Å². The first-order chi connectivity index (χ1) is 21.4. The van der Waals surface area contributed by atoms with Crippen molar-refractivity contribution in [3.8, 4) is 0 Å². The molecule has 2 fully saturated rings. The highest BCUT2D eigenvalue weighted by molar-refractivity contribution is 6.05. The predicted octanol–water partition coefficient (Wildman–Crippen LogP) is 7.32. The fourth-order valence-electron chi connectivity index (χ4n) is 9.68. The summed E-state index contributed by atoms with van der Waals surface area (Å²) in [5, 5.41) is 0. The van der Waals surface area contributed by atoms with Gasteiger partial charge in [0.1, 0.15) is 22.4 Å². The zero-order valence-electron chi connectivity index (χ0n) is 28.2. The van der Waals surface area contributed by atoms with Gasteiger partial charge in [-0.2, -0.15) is 0 Å². The van der Waals surface area contributed by atoms with Gasteiger partial charge in [-0.25, -0.2) is 0 Å². The molecule has 4 unspecified atom stereocenters. The van der Waals surface area contributed by atoms with E-state index in [0.29, 0.717) is 25.7 Å². The second-order valence-electron chi connectivity index (χ2n) is 16.2. The Labute approximate surface area is 271 Å². The SMILES string of the molecule is CC1(C)C(=O)/C=C/C(=O)C(C)(C)C23CCC(O2)(c2ccccc23)C(C)(C)C(=O)/C=C/C(=O)C(C)(C)C23CCC1(O2)c1ccccc13. The quantitative estimate of drug-likeness (QED) is 0.307. The molecule has 2 aromatic carbocycles. The summed E-state index contributed by atoms with van der Waals surface area (Å²) in [5.74, 6) is -0.863. The second-order valence-corrected chi connectivity index (χ2v) is 16.2. The van der Waals surface area contributed by atoms with Crippen LogP contribution in [0.4, 0.5) is 0 Å². The molecular formula is C40H44O6. The highest BCUT2D eigenvalue weighted by Gasteiger charge is 2.72. The normalized spacial score (nSPS) is 37.7. The lowest BCUT2D eigenvalue weighted by molar-refractivity contribution is -0.190. The Balaban J connectivity index is 1.44. The van der Waals surface area contributed by atoms with Crippen LogP contribution in [0.2, 0.25) is 0 Å². The number of hydrogen-bond acceptors (Lipinski definition) is 6. The molecule has 240 valence electrons. The number of allylic oxidation sites excluding steroid dienone is 4. The standard InChI is InChI=1S/C40H44O6/c1-33(2)29(41)17-18-30(42)35(5,6)39-23-24-40(46-39,28-16-12-11-15-27(28)39)36(7,8)32(44)20-19-31(43)34(3,4)38-22-21-37(33,45-38)25-13-9-10-14-26(25)38/h9-20H,21-24H2,1-8H3/b18-17+,20-19+. The first kappa shape index (κ1) is 31.1. The van der Waals surface area contributed by atoms with Crippen LogP contribution in [0.15, 0.2) is 72.8 Å². The molecule has 46 heavy (non-hydrogen) atoms. The lowest BCUT2D eigenvalue weighted by Gasteiger charge is -2.42. The number of benzene rings is 2. The molecule has 4 bridgehead atoms. The number of ketones is 4. The predicted molar refractivity (Wildman–Crippen MR) is 174 cm³/mol. The van der Waals surface area contributed by atoms with Gasteiger partial charge in [-0.15, -0.1) is 0 Å². The molecule has 0 N–H and O–H groups in total. The van der Waals surface area contributed by atoms with Crippen molar-refractivity contribution in [3.05, 3.63) is 95.1 Å². The van der Waals surface area contributed by atoms with Crippen LogP contribution in [0.25, 0.3) is 0 Å². The van der Waals surface area contributed by atoms with Crippen LogP contribution in [0.1, 0.15) is 103 Å². The molecule has 0 aliphatic carbocycles. The Bertz CT molecular complexity index is 1550. The number of rotatable bonds is 0. The van der Waals surface area contributed by atoms with Crippen LogP contribution in [-0.4, -0.2) is 23.1 Å². The van der Waals surface area contributed by atoms with Gasteiger partial charge in [0.15, 0.2) is 23.1 Å². The van der Waals surface area contributed by atoms with E-state index in [2.05, 4.69) is 0 Å². The van der Waals surface area contributed by atoms with Gasteiger partial charge in [0.2, 0.25) is 0 Å². The first-order valence-electron chi connectivity index (χ1n) is 16.5. The Hall–Kier alpha value is -3.48. The molecule has 5 heterocycles. The van der Waals surface area contributed by atoms with Crippen LogP contribution in [0, 0.1) is 21.7 Å². The van der Waals surface area contributed by atoms with Gasteiger partial charge in [-0.1, -0.05) is 48.5 Å². The van der Waals surface area contributed by atoms with Gasteiger partial charge in [-0.05, 0) is 128 Å². The van der Waals surface area contributed by atoms with Crippen molar-refractivity contribution in [1.29, 1.82) is 0 Å². The summed E-state index contributed by atoms with van der Waals surface area (Å²) < 4.78 is 14.2. The van der Waals surface area contributed by atoms with Crippen molar-refractivity contribution < 1.29 is 28.7 Å². The highest BCUT2D eigenvalue weighted by Crippen LogP contribution is 2.71. The van der Waals surface area contributed by atoms with Crippen LogP contribution in [0.5, 0.6) is 0 Å². The van der Waals surface area contributed by atoms with Crippen molar-refractivity contribution >= 4 is 23.1 Å². The van der Waals surface area contributed by atoms with E-state index in [-0.39, 0.29) is 23.1 Å². The van der Waals surface area contributed by atoms with Gasteiger partial charge in [0.05, 0.1) is 21.7 Å². The molecule has 2 saturated heterocycles. The molecule has 2 aromatic rings.